The maximum atomic E-state index is 12.0. The molecule has 2 heterocycles. The van der Waals surface area contributed by atoms with E-state index >= 15 is 0 Å². The Balaban J connectivity index is 2.04. The third-order valence-corrected chi connectivity index (χ3v) is 4.56. The van der Waals surface area contributed by atoms with Crippen molar-refractivity contribution in [3.05, 3.63) is 16.1 Å². The first-order chi connectivity index (χ1) is 7.70. The number of aromatic nitrogens is 1. The molecular formula is C9H13N3O2S2. The van der Waals surface area contributed by atoms with E-state index in [9.17, 15) is 9.00 Å². The van der Waals surface area contributed by atoms with Crippen molar-refractivity contribution >= 4 is 28.0 Å². The van der Waals surface area contributed by atoms with Crippen molar-refractivity contribution in [2.75, 3.05) is 24.6 Å². The molecule has 1 aromatic heterocycles. The Labute approximate surface area is 100 Å². The van der Waals surface area contributed by atoms with Crippen molar-refractivity contribution in [2.45, 2.75) is 6.54 Å². The lowest BCUT2D eigenvalue weighted by Crippen LogP contribution is -2.41. The van der Waals surface area contributed by atoms with E-state index in [4.69, 9.17) is 5.73 Å². The molecule has 2 N–H and O–H groups in total. The van der Waals surface area contributed by atoms with Gasteiger partial charge in [-0.15, -0.1) is 11.3 Å². The molecule has 0 saturated carbocycles. The van der Waals surface area contributed by atoms with Crippen LogP contribution < -0.4 is 5.73 Å². The summed E-state index contributed by atoms with van der Waals surface area (Å²) in [6.45, 7) is 1.48. The lowest BCUT2D eigenvalue weighted by Gasteiger charge is -2.25. The lowest BCUT2D eigenvalue weighted by molar-refractivity contribution is 0.0766. The van der Waals surface area contributed by atoms with E-state index in [1.54, 1.807) is 10.3 Å². The molecular weight excluding hydrogens is 246 g/mol. The van der Waals surface area contributed by atoms with Crippen LogP contribution >= 0.6 is 11.3 Å². The predicted octanol–water partition coefficient (Wildman–Crippen LogP) is -0.194. The molecule has 0 bridgehead atoms. The van der Waals surface area contributed by atoms with Crippen LogP contribution in [0.1, 0.15) is 15.5 Å². The minimum Gasteiger partial charge on any atom is -0.335 e. The van der Waals surface area contributed by atoms with E-state index in [1.165, 1.54) is 11.3 Å². The van der Waals surface area contributed by atoms with Gasteiger partial charge in [-0.3, -0.25) is 9.00 Å². The fourth-order valence-corrected chi connectivity index (χ4v) is 3.21. The molecule has 0 atom stereocenters. The summed E-state index contributed by atoms with van der Waals surface area (Å²) in [5.74, 6) is 1.06. The molecule has 1 aliphatic heterocycles. The summed E-state index contributed by atoms with van der Waals surface area (Å²) >= 11 is 1.40. The van der Waals surface area contributed by atoms with Crippen molar-refractivity contribution in [3.63, 3.8) is 0 Å². The van der Waals surface area contributed by atoms with Gasteiger partial charge in [0.2, 0.25) is 0 Å². The van der Waals surface area contributed by atoms with Crippen LogP contribution in [0.5, 0.6) is 0 Å². The quantitative estimate of drug-likeness (QED) is 0.798. The molecule has 1 aromatic rings. The Morgan fingerprint density at radius 1 is 1.56 bits per heavy atom. The second-order valence-electron chi connectivity index (χ2n) is 3.47. The van der Waals surface area contributed by atoms with Crippen LogP contribution in [-0.4, -0.2) is 44.6 Å². The number of hydrogen-bond donors (Lipinski definition) is 1. The Morgan fingerprint density at radius 3 is 2.81 bits per heavy atom. The van der Waals surface area contributed by atoms with Gasteiger partial charge < -0.3 is 10.6 Å². The Kier molecular flexibility index (Phi) is 3.67. The molecule has 7 heteroatoms. The number of carbonyl (C=O) groups is 1. The van der Waals surface area contributed by atoms with Crippen LogP contribution in [-0.2, 0) is 17.3 Å². The minimum atomic E-state index is -0.762. The van der Waals surface area contributed by atoms with Crippen molar-refractivity contribution in [3.8, 4) is 0 Å². The topological polar surface area (TPSA) is 76.3 Å². The van der Waals surface area contributed by atoms with Crippen LogP contribution in [0.4, 0.5) is 0 Å². The number of nitrogens with two attached hydrogens (primary N) is 1. The number of hydrogen-bond acceptors (Lipinski definition) is 5. The molecule has 88 valence electrons. The first-order valence-electron chi connectivity index (χ1n) is 4.99. The molecule has 16 heavy (non-hydrogen) atoms. The largest absolute Gasteiger partial charge is 0.335 e. The van der Waals surface area contributed by atoms with E-state index in [0.717, 1.165) is 5.01 Å². The van der Waals surface area contributed by atoms with Gasteiger partial charge in [0.15, 0.2) is 0 Å². The van der Waals surface area contributed by atoms with Crippen LogP contribution in [0, 0.1) is 0 Å². The molecule has 0 spiro atoms. The van der Waals surface area contributed by atoms with Gasteiger partial charge in [0.05, 0.1) is 0 Å². The van der Waals surface area contributed by atoms with Gasteiger partial charge in [0.1, 0.15) is 10.7 Å². The number of thiazole rings is 1. The fraction of sp³-hybridized carbons (Fsp3) is 0.556. The highest BCUT2D eigenvalue weighted by Crippen LogP contribution is 2.12. The summed E-state index contributed by atoms with van der Waals surface area (Å²) in [7, 11) is -0.762. The highest BCUT2D eigenvalue weighted by Gasteiger charge is 2.22. The Morgan fingerprint density at radius 2 is 2.25 bits per heavy atom. The molecule has 0 aliphatic carbocycles. The second-order valence-corrected chi connectivity index (χ2v) is 6.11. The van der Waals surface area contributed by atoms with E-state index in [-0.39, 0.29) is 5.91 Å². The highest BCUT2D eigenvalue weighted by molar-refractivity contribution is 7.85. The molecule has 0 unspecified atom stereocenters. The third kappa shape index (κ3) is 2.47. The summed E-state index contributed by atoms with van der Waals surface area (Å²) in [6, 6.07) is 0. The summed E-state index contributed by atoms with van der Waals surface area (Å²) in [5, 5.41) is 2.50. The van der Waals surface area contributed by atoms with Gasteiger partial charge in [0.25, 0.3) is 5.91 Å². The van der Waals surface area contributed by atoms with Crippen molar-refractivity contribution in [1.82, 2.24) is 9.88 Å². The number of amides is 1. The maximum Gasteiger partial charge on any atom is 0.273 e. The lowest BCUT2D eigenvalue weighted by atomic mass is 10.4. The van der Waals surface area contributed by atoms with Crippen LogP contribution in [0.3, 0.4) is 0 Å². The molecule has 1 aliphatic rings. The van der Waals surface area contributed by atoms with Gasteiger partial charge in [-0.05, 0) is 0 Å². The van der Waals surface area contributed by atoms with Crippen LogP contribution in [0.15, 0.2) is 5.38 Å². The zero-order chi connectivity index (χ0) is 11.5. The number of nitrogens with zero attached hydrogens (tertiary/aromatic N) is 2. The molecule has 1 amide bonds. The fourth-order valence-electron chi connectivity index (χ4n) is 1.51. The average molecular weight is 259 g/mol. The number of carbonyl (C=O) groups excluding carboxylic acids is 1. The predicted molar refractivity (Wildman–Crippen MR) is 63.8 cm³/mol. The van der Waals surface area contributed by atoms with Gasteiger partial charge in [-0.2, -0.15) is 0 Å². The smallest absolute Gasteiger partial charge is 0.273 e. The van der Waals surface area contributed by atoms with E-state index in [1.807, 2.05) is 0 Å². The zero-order valence-corrected chi connectivity index (χ0v) is 10.4. The van der Waals surface area contributed by atoms with E-state index in [2.05, 4.69) is 4.98 Å². The molecule has 1 fully saturated rings. The maximum absolute atomic E-state index is 12.0. The SMILES string of the molecule is NCc1nc(C(=O)N2CCS(=O)CC2)cs1. The first kappa shape index (κ1) is 11.7. The molecule has 2 rings (SSSR count). The van der Waals surface area contributed by atoms with Gasteiger partial charge in [-0.25, -0.2) is 4.98 Å². The summed E-state index contributed by atoms with van der Waals surface area (Å²) in [6.07, 6.45) is 0. The van der Waals surface area contributed by atoms with Crippen molar-refractivity contribution in [1.29, 1.82) is 0 Å². The van der Waals surface area contributed by atoms with Gasteiger partial charge in [-0.1, -0.05) is 0 Å². The molecule has 1 saturated heterocycles. The molecule has 5 nitrogen and oxygen atoms in total. The summed E-state index contributed by atoms with van der Waals surface area (Å²) < 4.78 is 11.2. The van der Waals surface area contributed by atoms with Crippen LogP contribution in [0.25, 0.3) is 0 Å². The second kappa shape index (κ2) is 5.03. The Hall–Kier alpha value is -0.790. The summed E-state index contributed by atoms with van der Waals surface area (Å²) in [5.41, 5.74) is 5.90. The average Bonchev–Trinajstić information content (AvgIpc) is 2.77. The minimum absolute atomic E-state index is 0.0762. The monoisotopic (exact) mass is 259 g/mol. The first-order valence-corrected chi connectivity index (χ1v) is 7.36. The normalized spacial score (nSPS) is 17.7. The van der Waals surface area contributed by atoms with Crippen LogP contribution in [0.2, 0.25) is 0 Å². The third-order valence-electron chi connectivity index (χ3n) is 2.41. The highest BCUT2D eigenvalue weighted by atomic mass is 32.2. The summed E-state index contributed by atoms with van der Waals surface area (Å²) in [4.78, 5) is 17.8. The standard InChI is InChI=1S/C9H13N3O2S2/c10-5-8-11-7(6-15-8)9(13)12-1-3-16(14)4-2-12/h6H,1-5,10H2. The van der Waals surface area contributed by atoms with Crippen molar-refractivity contribution in [2.24, 2.45) is 5.73 Å². The zero-order valence-electron chi connectivity index (χ0n) is 8.72. The Bertz CT molecular complexity index is 409. The molecule has 0 aromatic carbocycles. The van der Waals surface area contributed by atoms with E-state index in [0.29, 0.717) is 36.8 Å². The van der Waals surface area contributed by atoms with E-state index < -0.39 is 10.8 Å². The number of rotatable bonds is 2. The van der Waals surface area contributed by atoms with Gasteiger partial charge in [0, 0.05) is 47.3 Å². The molecule has 0 radical (unpaired) electrons. The van der Waals surface area contributed by atoms with Crippen molar-refractivity contribution < 1.29 is 9.00 Å². The van der Waals surface area contributed by atoms with Gasteiger partial charge >= 0.3 is 0 Å².